The van der Waals surface area contributed by atoms with Gasteiger partial charge in [0.25, 0.3) is 0 Å². The van der Waals surface area contributed by atoms with E-state index in [1.54, 1.807) is 27.7 Å². The van der Waals surface area contributed by atoms with E-state index in [1.807, 2.05) is 0 Å². The van der Waals surface area contributed by atoms with Crippen LogP contribution in [0, 0.1) is 0 Å². The zero-order chi connectivity index (χ0) is 30.6. The van der Waals surface area contributed by atoms with Crippen LogP contribution < -0.4 is 10.6 Å². The summed E-state index contributed by atoms with van der Waals surface area (Å²) >= 11 is 0. The Labute approximate surface area is 237 Å². The summed E-state index contributed by atoms with van der Waals surface area (Å²) in [4.78, 5) is 10.8. The molecule has 15 unspecified atom stereocenters. The Morgan fingerprint density at radius 1 is 0.537 bits per heavy atom. The average molecular weight is 603 g/mol. The summed E-state index contributed by atoms with van der Waals surface area (Å²) in [5.41, 5.74) is 0. The highest BCUT2D eigenvalue weighted by Crippen LogP contribution is 2.31. The molecule has 0 radical (unpaired) electrons. The van der Waals surface area contributed by atoms with Crippen molar-refractivity contribution < 1.29 is 74.7 Å². The third kappa shape index (κ3) is 8.08. The Morgan fingerprint density at radius 2 is 0.976 bits per heavy atom. The van der Waals surface area contributed by atoms with Crippen molar-refractivity contribution in [2.45, 2.75) is 132 Å². The number of aliphatic hydroxyl groups is 9. The maximum absolute atomic E-state index is 10.8. The molecule has 3 rings (SSSR count). The minimum atomic E-state index is -1.81. The molecule has 11 N–H and O–H groups in total. The van der Waals surface area contributed by atoms with Crippen LogP contribution in [-0.2, 0) is 28.7 Å². The fraction of sp³-hybridized carbons (Fsp3) is 1.00. The SMILES string of the molecule is CC(C)NC1OC(CO)C(OC2OC(CO)C(O)C(O)C2OOC2C(NC(C)C)OC(CO)C(O)C2O)C(O)C1O. The topological polar surface area (TPSA) is 262 Å². The maximum atomic E-state index is 10.8. The van der Waals surface area contributed by atoms with Gasteiger partial charge in [0.2, 0.25) is 0 Å². The average Bonchev–Trinajstić information content (AvgIpc) is 2.92. The molecule has 17 heteroatoms. The third-order valence-corrected chi connectivity index (χ3v) is 7.12. The molecule has 0 saturated carbocycles. The largest absolute Gasteiger partial charge is 0.394 e. The second-order valence-corrected chi connectivity index (χ2v) is 11.1. The van der Waals surface area contributed by atoms with E-state index in [1.165, 1.54) is 0 Å². The highest BCUT2D eigenvalue weighted by molar-refractivity contribution is 4.96. The standard InChI is InChI=1S/C24H46N2O15/c1-8(2)25-22-18(35)17(34)19(12(7-29)37-22)39-24-21(16(33)14(31)11(6-28)38-24)41-40-20-15(32)13(30)10(5-27)36-23(20)26-9(3)4/h8-35H,5-7H2,1-4H3. The van der Waals surface area contributed by atoms with Gasteiger partial charge in [0, 0.05) is 12.1 Å². The lowest BCUT2D eigenvalue weighted by atomic mass is 9.96. The molecule has 3 aliphatic heterocycles. The lowest BCUT2D eigenvalue weighted by molar-refractivity contribution is -0.450. The van der Waals surface area contributed by atoms with Crippen molar-refractivity contribution in [1.29, 1.82) is 0 Å². The summed E-state index contributed by atoms with van der Waals surface area (Å²) in [5, 5.41) is 98.8. The van der Waals surface area contributed by atoms with Crippen LogP contribution in [0.3, 0.4) is 0 Å². The van der Waals surface area contributed by atoms with Gasteiger partial charge in [-0.2, -0.15) is 0 Å². The quantitative estimate of drug-likeness (QED) is 0.0734. The Hall–Kier alpha value is -0.680. The van der Waals surface area contributed by atoms with Gasteiger partial charge < -0.3 is 64.9 Å². The Balaban J connectivity index is 1.81. The van der Waals surface area contributed by atoms with E-state index >= 15 is 0 Å². The van der Waals surface area contributed by atoms with Crippen molar-refractivity contribution in [2.75, 3.05) is 19.8 Å². The van der Waals surface area contributed by atoms with Crippen molar-refractivity contribution in [3.8, 4) is 0 Å². The molecule has 41 heavy (non-hydrogen) atoms. The van der Waals surface area contributed by atoms with Crippen molar-refractivity contribution >= 4 is 0 Å². The number of rotatable bonds is 12. The zero-order valence-corrected chi connectivity index (χ0v) is 23.4. The molecule has 0 amide bonds. The first-order valence-electron chi connectivity index (χ1n) is 13.7. The molecule has 0 aliphatic carbocycles. The first-order valence-corrected chi connectivity index (χ1v) is 13.7. The fourth-order valence-corrected chi connectivity index (χ4v) is 4.93. The minimum absolute atomic E-state index is 0.142. The lowest BCUT2D eigenvalue weighted by Gasteiger charge is -2.47. The van der Waals surface area contributed by atoms with Crippen molar-refractivity contribution in [3.63, 3.8) is 0 Å². The molecule has 0 aromatic heterocycles. The molecule has 3 fully saturated rings. The van der Waals surface area contributed by atoms with Gasteiger partial charge in [0.15, 0.2) is 18.5 Å². The van der Waals surface area contributed by atoms with Gasteiger partial charge in [-0.3, -0.25) is 10.6 Å². The van der Waals surface area contributed by atoms with Gasteiger partial charge in [-0.1, -0.05) is 0 Å². The zero-order valence-electron chi connectivity index (χ0n) is 23.4. The maximum Gasteiger partial charge on any atom is 0.190 e. The smallest absolute Gasteiger partial charge is 0.190 e. The van der Waals surface area contributed by atoms with E-state index in [-0.39, 0.29) is 12.1 Å². The Morgan fingerprint density at radius 3 is 1.51 bits per heavy atom. The predicted molar refractivity (Wildman–Crippen MR) is 134 cm³/mol. The van der Waals surface area contributed by atoms with Crippen LogP contribution in [0.25, 0.3) is 0 Å². The summed E-state index contributed by atoms with van der Waals surface area (Å²) in [6.45, 7) is 5.13. The highest BCUT2D eigenvalue weighted by Gasteiger charge is 2.53. The summed E-state index contributed by atoms with van der Waals surface area (Å²) in [6.07, 6.45) is -21.9. The summed E-state index contributed by atoms with van der Waals surface area (Å²) in [5.74, 6) is 0. The van der Waals surface area contributed by atoms with E-state index in [0.29, 0.717) is 0 Å². The van der Waals surface area contributed by atoms with Gasteiger partial charge in [0.1, 0.15) is 73.5 Å². The number of hydrogen-bond donors (Lipinski definition) is 11. The first-order chi connectivity index (χ1) is 19.3. The molecule has 0 spiro atoms. The Bertz CT molecular complexity index is 781. The summed E-state index contributed by atoms with van der Waals surface area (Å²) in [7, 11) is 0. The van der Waals surface area contributed by atoms with Crippen molar-refractivity contribution in [2.24, 2.45) is 0 Å². The number of aliphatic hydroxyl groups excluding tert-OH is 9. The van der Waals surface area contributed by atoms with Crippen molar-refractivity contribution in [1.82, 2.24) is 10.6 Å². The minimum Gasteiger partial charge on any atom is -0.394 e. The molecule has 3 aliphatic rings. The van der Waals surface area contributed by atoms with Crippen LogP contribution in [0.15, 0.2) is 0 Å². The van der Waals surface area contributed by atoms with E-state index in [4.69, 9.17) is 28.7 Å². The van der Waals surface area contributed by atoms with Crippen LogP contribution in [-0.4, -0.2) is 170 Å². The molecule has 3 heterocycles. The third-order valence-electron chi connectivity index (χ3n) is 7.12. The molecular formula is C24H46N2O15. The molecule has 17 nitrogen and oxygen atoms in total. The van der Waals surface area contributed by atoms with Crippen LogP contribution in [0.1, 0.15) is 27.7 Å². The number of hydrogen-bond acceptors (Lipinski definition) is 17. The molecule has 3 saturated heterocycles. The second-order valence-electron chi connectivity index (χ2n) is 11.1. The summed E-state index contributed by atoms with van der Waals surface area (Å²) < 4.78 is 22.7. The van der Waals surface area contributed by atoms with Crippen LogP contribution in [0.2, 0.25) is 0 Å². The van der Waals surface area contributed by atoms with Crippen LogP contribution >= 0.6 is 0 Å². The lowest BCUT2D eigenvalue weighted by Crippen LogP contribution is -2.67. The number of ether oxygens (including phenoxy) is 4. The monoisotopic (exact) mass is 602 g/mol. The highest BCUT2D eigenvalue weighted by atomic mass is 17.2. The van der Waals surface area contributed by atoms with Gasteiger partial charge in [-0.15, -0.1) is 0 Å². The van der Waals surface area contributed by atoms with Gasteiger partial charge >= 0.3 is 0 Å². The molecule has 242 valence electrons. The number of nitrogens with one attached hydrogen (secondary N) is 2. The molecular weight excluding hydrogens is 556 g/mol. The van der Waals surface area contributed by atoms with E-state index < -0.39 is 112 Å². The first kappa shape index (κ1) is 34.8. The van der Waals surface area contributed by atoms with E-state index in [9.17, 15) is 46.0 Å². The van der Waals surface area contributed by atoms with Crippen LogP contribution in [0.4, 0.5) is 0 Å². The Kier molecular flexibility index (Phi) is 13.0. The van der Waals surface area contributed by atoms with E-state index in [0.717, 1.165) is 0 Å². The summed E-state index contributed by atoms with van der Waals surface area (Å²) in [6, 6.07) is -0.347. The van der Waals surface area contributed by atoms with Crippen LogP contribution in [0.5, 0.6) is 0 Å². The molecule has 0 aromatic carbocycles. The predicted octanol–water partition coefficient (Wildman–Crippen LogP) is -5.63. The molecule has 15 atom stereocenters. The molecule has 0 bridgehead atoms. The van der Waals surface area contributed by atoms with Gasteiger partial charge in [-0.05, 0) is 27.7 Å². The van der Waals surface area contributed by atoms with Gasteiger partial charge in [-0.25, -0.2) is 9.78 Å². The normalized spacial score (nSPS) is 45.9. The van der Waals surface area contributed by atoms with E-state index in [2.05, 4.69) is 10.6 Å². The molecule has 0 aromatic rings. The van der Waals surface area contributed by atoms with Gasteiger partial charge in [0.05, 0.1) is 19.8 Å². The second kappa shape index (κ2) is 15.4. The fourth-order valence-electron chi connectivity index (χ4n) is 4.93. The van der Waals surface area contributed by atoms with Crippen molar-refractivity contribution in [3.05, 3.63) is 0 Å².